The van der Waals surface area contributed by atoms with Crippen LogP contribution in [0.4, 0.5) is 0 Å². The number of hydrogen-bond donors (Lipinski definition) is 2. The summed E-state index contributed by atoms with van der Waals surface area (Å²) in [4.78, 5) is 15.0. The molecule has 0 saturated carbocycles. The van der Waals surface area contributed by atoms with Gasteiger partial charge in [0.15, 0.2) is 0 Å². The smallest absolute Gasteiger partial charge is 0.219 e. The third kappa shape index (κ3) is 10.7. The van der Waals surface area contributed by atoms with Crippen molar-refractivity contribution >= 4 is 5.91 Å². The molecule has 2 aromatic carbocycles. The van der Waals surface area contributed by atoms with Crippen LogP contribution in [0.3, 0.4) is 0 Å². The summed E-state index contributed by atoms with van der Waals surface area (Å²) < 4.78 is 22.1. The molecular formula is C29H37N3O5. The van der Waals surface area contributed by atoms with Crippen LogP contribution in [0.5, 0.6) is 5.88 Å². The fourth-order valence-electron chi connectivity index (χ4n) is 3.61. The number of aromatic nitrogens is 1. The molecule has 8 nitrogen and oxygen atoms in total. The summed E-state index contributed by atoms with van der Waals surface area (Å²) >= 11 is 0. The molecule has 0 aliphatic carbocycles. The summed E-state index contributed by atoms with van der Waals surface area (Å²) in [5, 5.41) is 3.34. The normalized spacial score (nSPS) is 10.9. The Morgan fingerprint density at radius 3 is 2.30 bits per heavy atom. The number of hydrogen-bond acceptors (Lipinski definition) is 7. The maximum atomic E-state index is 10.6. The van der Waals surface area contributed by atoms with Crippen LogP contribution in [0.1, 0.15) is 23.1 Å². The highest BCUT2D eigenvalue weighted by Crippen LogP contribution is 2.26. The maximum Gasteiger partial charge on any atom is 0.219 e. The van der Waals surface area contributed by atoms with Crippen molar-refractivity contribution in [1.29, 1.82) is 0 Å². The number of carbonyl (C=O) groups is 1. The molecule has 1 heterocycles. The molecule has 0 atom stereocenters. The average Bonchev–Trinajstić information content (AvgIpc) is 2.91. The fraction of sp³-hybridized carbons (Fsp3) is 0.379. The van der Waals surface area contributed by atoms with Crippen LogP contribution in [0, 0.1) is 6.92 Å². The van der Waals surface area contributed by atoms with Gasteiger partial charge in [0.25, 0.3) is 0 Å². The summed E-state index contributed by atoms with van der Waals surface area (Å²) in [5.74, 6) is 0.243. The first-order valence-corrected chi connectivity index (χ1v) is 12.6. The Labute approximate surface area is 219 Å². The Morgan fingerprint density at radius 1 is 0.865 bits per heavy atom. The summed E-state index contributed by atoms with van der Waals surface area (Å²) in [5.41, 5.74) is 10.9. The number of rotatable bonds is 18. The van der Waals surface area contributed by atoms with E-state index in [0.717, 1.165) is 17.7 Å². The molecule has 0 bridgehead atoms. The van der Waals surface area contributed by atoms with Crippen molar-refractivity contribution in [2.24, 2.45) is 5.73 Å². The van der Waals surface area contributed by atoms with Gasteiger partial charge in [-0.3, -0.25) is 4.79 Å². The largest absolute Gasteiger partial charge is 0.473 e. The molecule has 1 amide bonds. The number of ether oxygens (including phenoxy) is 4. The summed E-state index contributed by atoms with van der Waals surface area (Å²) in [7, 11) is 0. The monoisotopic (exact) mass is 507 g/mol. The van der Waals surface area contributed by atoms with E-state index >= 15 is 0 Å². The lowest BCUT2D eigenvalue weighted by atomic mass is 9.97. The Bertz CT molecular complexity index is 1060. The van der Waals surface area contributed by atoms with Crippen LogP contribution < -0.4 is 15.8 Å². The lowest BCUT2D eigenvalue weighted by Crippen LogP contribution is -2.20. The van der Waals surface area contributed by atoms with E-state index in [2.05, 4.69) is 59.7 Å². The minimum absolute atomic E-state index is 0.230. The molecule has 0 unspecified atom stereocenters. The van der Waals surface area contributed by atoms with Crippen LogP contribution in [0.15, 0.2) is 66.9 Å². The minimum atomic E-state index is -0.364. The molecule has 0 aliphatic heterocycles. The SMILES string of the molecule is Cc1c(COc2ccc(CNCCOCCOCCOCCC(N)=O)cn2)cccc1-c1ccccc1. The van der Waals surface area contributed by atoms with Crippen LogP contribution in [0.2, 0.25) is 0 Å². The van der Waals surface area contributed by atoms with E-state index in [1.165, 1.54) is 16.7 Å². The highest BCUT2D eigenvalue weighted by atomic mass is 16.5. The Hall–Kier alpha value is -3.30. The first kappa shape index (κ1) is 28.3. The lowest BCUT2D eigenvalue weighted by Gasteiger charge is -2.13. The highest BCUT2D eigenvalue weighted by Gasteiger charge is 2.07. The summed E-state index contributed by atoms with van der Waals surface area (Å²) in [6.07, 6.45) is 2.06. The van der Waals surface area contributed by atoms with Crippen molar-refractivity contribution in [1.82, 2.24) is 10.3 Å². The molecular weight excluding hydrogens is 470 g/mol. The van der Waals surface area contributed by atoms with Gasteiger partial charge < -0.3 is 30.0 Å². The molecule has 3 N–H and O–H groups in total. The molecule has 198 valence electrons. The van der Waals surface area contributed by atoms with E-state index in [1.807, 2.05) is 24.4 Å². The number of benzene rings is 2. The first-order valence-electron chi connectivity index (χ1n) is 12.6. The van der Waals surface area contributed by atoms with Gasteiger partial charge in [-0.15, -0.1) is 0 Å². The van der Waals surface area contributed by atoms with Gasteiger partial charge in [0.1, 0.15) is 6.61 Å². The molecule has 0 saturated heterocycles. The Balaban J connectivity index is 1.26. The van der Waals surface area contributed by atoms with Gasteiger partial charge in [0.05, 0.1) is 39.6 Å². The maximum absolute atomic E-state index is 10.6. The van der Waals surface area contributed by atoms with Gasteiger partial charge in [-0.1, -0.05) is 54.6 Å². The van der Waals surface area contributed by atoms with Gasteiger partial charge in [-0.05, 0) is 34.7 Å². The van der Waals surface area contributed by atoms with Crippen molar-refractivity contribution in [3.8, 4) is 17.0 Å². The zero-order valence-corrected chi connectivity index (χ0v) is 21.5. The van der Waals surface area contributed by atoms with E-state index in [9.17, 15) is 4.79 Å². The van der Waals surface area contributed by atoms with Gasteiger partial charge >= 0.3 is 0 Å². The Morgan fingerprint density at radius 2 is 1.59 bits per heavy atom. The second kappa shape index (κ2) is 16.4. The van der Waals surface area contributed by atoms with Crippen molar-refractivity contribution in [2.45, 2.75) is 26.5 Å². The van der Waals surface area contributed by atoms with E-state index in [-0.39, 0.29) is 12.3 Å². The number of nitrogens with zero attached hydrogens (tertiary/aromatic N) is 1. The van der Waals surface area contributed by atoms with Gasteiger partial charge in [-0.25, -0.2) is 4.98 Å². The molecule has 0 radical (unpaired) electrons. The molecule has 0 aliphatic rings. The second-order valence-corrected chi connectivity index (χ2v) is 8.48. The zero-order chi connectivity index (χ0) is 26.1. The van der Waals surface area contributed by atoms with Crippen molar-refractivity contribution in [3.63, 3.8) is 0 Å². The minimum Gasteiger partial charge on any atom is -0.473 e. The van der Waals surface area contributed by atoms with Gasteiger partial charge in [-0.2, -0.15) is 0 Å². The van der Waals surface area contributed by atoms with Gasteiger partial charge in [0, 0.05) is 31.8 Å². The quantitative estimate of drug-likeness (QED) is 0.253. The zero-order valence-electron chi connectivity index (χ0n) is 21.5. The number of amides is 1. The van der Waals surface area contributed by atoms with Crippen LogP contribution in [0.25, 0.3) is 11.1 Å². The fourth-order valence-corrected chi connectivity index (χ4v) is 3.61. The number of pyridine rings is 1. The van der Waals surface area contributed by atoms with Crippen LogP contribution in [-0.4, -0.2) is 57.1 Å². The highest BCUT2D eigenvalue weighted by molar-refractivity contribution is 5.73. The topological polar surface area (TPSA) is 105 Å². The average molecular weight is 508 g/mol. The van der Waals surface area contributed by atoms with Crippen LogP contribution in [-0.2, 0) is 32.2 Å². The van der Waals surface area contributed by atoms with Gasteiger partial charge in [0.2, 0.25) is 11.8 Å². The third-order valence-electron chi connectivity index (χ3n) is 5.69. The molecule has 0 fully saturated rings. The Kier molecular flexibility index (Phi) is 12.6. The van der Waals surface area contributed by atoms with Crippen molar-refractivity contribution in [3.05, 3.63) is 83.6 Å². The lowest BCUT2D eigenvalue weighted by molar-refractivity contribution is -0.119. The molecule has 0 spiro atoms. The summed E-state index contributed by atoms with van der Waals surface area (Å²) in [6.45, 7) is 6.88. The first-order chi connectivity index (χ1) is 18.1. The molecule has 3 aromatic rings. The van der Waals surface area contributed by atoms with E-state index < -0.39 is 0 Å². The van der Waals surface area contributed by atoms with E-state index in [1.54, 1.807) is 0 Å². The molecule has 1 aromatic heterocycles. The van der Waals surface area contributed by atoms with Crippen LogP contribution >= 0.6 is 0 Å². The van der Waals surface area contributed by atoms with E-state index in [4.69, 9.17) is 24.7 Å². The number of nitrogens with one attached hydrogen (secondary N) is 1. The van der Waals surface area contributed by atoms with Crippen molar-refractivity contribution in [2.75, 3.05) is 46.2 Å². The third-order valence-corrected chi connectivity index (χ3v) is 5.69. The standard InChI is InChI=1S/C29H37N3O5/c1-23-26(8-5-9-27(23)25-6-3-2-4-7-25)22-37-29-11-10-24(21-32-29)20-31-13-15-35-17-19-36-18-16-34-14-12-28(30)33/h2-11,21,31H,12-20,22H2,1H3,(H2,30,33). The molecule has 37 heavy (non-hydrogen) atoms. The number of carbonyl (C=O) groups excluding carboxylic acids is 1. The summed E-state index contributed by atoms with van der Waals surface area (Å²) in [6, 6.07) is 20.6. The molecule has 8 heteroatoms. The second-order valence-electron chi connectivity index (χ2n) is 8.48. The number of primary amides is 1. The van der Waals surface area contributed by atoms with E-state index in [0.29, 0.717) is 58.7 Å². The molecule has 3 rings (SSSR count). The predicted octanol–water partition coefficient (Wildman–Crippen LogP) is 3.65. The predicted molar refractivity (Wildman–Crippen MR) is 143 cm³/mol. The number of nitrogens with two attached hydrogens (primary N) is 1. The van der Waals surface area contributed by atoms with Crippen molar-refractivity contribution < 1.29 is 23.7 Å².